The van der Waals surface area contributed by atoms with Crippen molar-refractivity contribution in [2.24, 2.45) is 0 Å². The minimum absolute atomic E-state index is 0.612. The van der Waals surface area contributed by atoms with E-state index in [1.165, 1.54) is 18.4 Å². The summed E-state index contributed by atoms with van der Waals surface area (Å²) in [5.41, 5.74) is 1.33. The molecule has 0 saturated carbocycles. The maximum absolute atomic E-state index is 5.73. The molecule has 1 unspecified atom stereocenters. The van der Waals surface area contributed by atoms with Crippen molar-refractivity contribution in [3.8, 4) is 11.5 Å². The Morgan fingerprint density at radius 2 is 1.95 bits per heavy atom. The maximum Gasteiger partial charge on any atom is 0.161 e. The molecule has 0 spiro atoms. The molecular formula is C16H25NO2. The molecule has 0 saturated heterocycles. The fourth-order valence-electron chi connectivity index (χ4n) is 2.44. The predicted octanol–water partition coefficient (Wildman–Crippen LogP) is 3.17. The van der Waals surface area contributed by atoms with Gasteiger partial charge in [0.15, 0.2) is 11.5 Å². The lowest BCUT2D eigenvalue weighted by Gasteiger charge is -2.16. The molecule has 1 aliphatic heterocycles. The van der Waals surface area contributed by atoms with E-state index in [0.29, 0.717) is 6.04 Å². The van der Waals surface area contributed by atoms with Crippen molar-refractivity contribution in [3.05, 3.63) is 23.8 Å². The van der Waals surface area contributed by atoms with Gasteiger partial charge in [0.05, 0.1) is 13.2 Å². The van der Waals surface area contributed by atoms with Crippen LogP contribution in [-0.4, -0.2) is 25.8 Å². The number of hydrogen-bond acceptors (Lipinski definition) is 3. The molecule has 0 fully saturated rings. The van der Waals surface area contributed by atoms with Gasteiger partial charge in [-0.2, -0.15) is 0 Å². The first-order valence-electron chi connectivity index (χ1n) is 7.45. The second kappa shape index (κ2) is 7.39. The highest BCUT2D eigenvalue weighted by atomic mass is 16.5. The molecule has 106 valence electrons. The summed E-state index contributed by atoms with van der Waals surface area (Å²) in [6, 6.07) is 6.95. The van der Waals surface area contributed by atoms with Crippen molar-refractivity contribution < 1.29 is 9.47 Å². The third kappa shape index (κ3) is 4.13. The Balaban J connectivity index is 1.95. The number of aryl methyl sites for hydroxylation is 1. The Labute approximate surface area is 116 Å². The van der Waals surface area contributed by atoms with Crippen molar-refractivity contribution >= 4 is 0 Å². The SMILES string of the molecule is CCNC(CC)CCc1ccc2c(c1)OCCCO2. The summed E-state index contributed by atoms with van der Waals surface area (Å²) < 4.78 is 11.4. The normalized spacial score (nSPS) is 15.9. The molecule has 1 atom stereocenters. The molecule has 3 nitrogen and oxygen atoms in total. The molecule has 1 heterocycles. The Bertz CT molecular complexity index is 392. The Morgan fingerprint density at radius 3 is 2.68 bits per heavy atom. The van der Waals surface area contributed by atoms with Gasteiger partial charge in [-0.3, -0.25) is 0 Å². The minimum atomic E-state index is 0.612. The molecule has 0 aliphatic carbocycles. The standard InChI is InChI=1S/C16H25NO2/c1-3-14(17-4-2)8-6-13-7-9-15-16(12-13)19-11-5-10-18-15/h7,9,12,14,17H,3-6,8,10-11H2,1-2H3. The number of fused-ring (bicyclic) bond motifs is 1. The second-order valence-electron chi connectivity index (χ2n) is 5.03. The van der Waals surface area contributed by atoms with Crippen molar-refractivity contribution in [1.82, 2.24) is 5.32 Å². The zero-order valence-electron chi connectivity index (χ0n) is 12.1. The van der Waals surface area contributed by atoms with E-state index in [4.69, 9.17) is 9.47 Å². The van der Waals surface area contributed by atoms with Crippen LogP contribution in [0, 0.1) is 0 Å². The lowest BCUT2D eigenvalue weighted by atomic mass is 10.0. The third-order valence-electron chi connectivity index (χ3n) is 3.58. The van der Waals surface area contributed by atoms with Crippen LogP contribution in [-0.2, 0) is 6.42 Å². The average Bonchev–Trinajstić information content (AvgIpc) is 2.68. The van der Waals surface area contributed by atoms with E-state index in [9.17, 15) is 0 Å². The van der Waals surface area contributed by atoms with Crippen LogP contribution in [0.4, 0.5) is 0 Å². The third-order valence-corrected chi connectivity index (χ3v) is 3.58. The molecule has 0 radical (unpaired) electrons. The zero-order chi connectivity index (χ0) is 13.5. The van der Waals surface area contributed by atoms with E-state index >= 15 is 0 Å². The van der Waals surface area contributed by atoms with Crippen LogP contribution in [0.3, 0.4) is 0 Å². The lowest BCUT2D eigenvalue weighted by molar-refractivity contribution is 0.297. The van der Waals surface area contributed by atoms with Gasteiger partial charge >= 0.3 is 0 Å². The van der Waals surface area contributed by atoms with Gasteiger partial charge in [0.1, 0.15) is 0 Å². The molecule has 1 aromatic rings. The van der Waals surface area contributed by atoms with Crippen molar-refractivity contribution in [2.75, 3.05) is 19.8 Å². The van der Waals surface area contributed by atoms with E-state index < -0.39 is 0 Å². The number of ether oxygens (including phenoxy) is 2. The quantitative estimate of drug-likeness (QED) is 0.855. The van der Waals surface area contributed by atoms with Crippen LogP contribution in [0.1, 0.15) is 38.7 Å². The van der Waals surface area contributed by atoms with Crippen LogP contribution >= 0.6 is 0 Å². The van der Waals surface area contributed by atoms with Crippen LogP contribution in [0.25, 0.3) is 0 Å². The van der Waals surface area contributed by atoms with E-state index in [1.807, 2.05) is 6.07 Å². The van der Waals surface area contributed by atoms with Crippen LogP contribution in [0.15, 0.2) is 18.2 Å². The molecule has 1 N–H and O–H groups in total. The van der Waals surface area contributed by atoms with Crippen LogP contribution in [0.5, 0.6) is 11.5 Å². The fourth-order valence-corrected chi connectivity index (χ4v) is 2.44. The number of nitrogens with one attached hydrogen (secondary N) is 1. The Morgan fingerprint density at radius 1 is 1.16 bits per heavy atom. The lowest BCUT2D eigenvalue weighted by Crippen LogP contribution is -2.28. The highest BCUT2D eigenvalue weighted by Crippen LogP contribution is 2.30. The van der Waals surface area contributed by atoms with E-state index in [1.54, 1.807) is 0 Å². The van der Waals surface area contributed by atoms with Gasteiger partial charge in [0.2, 0.25) is 0 Å². The average molecular weight is 263 g/mol. The highest BCUT2D eigenvalue weighted by Gasteiger charge is 2.11. The second-order valence-corrected chi connectivity index (χ2v) is 5.03. The van der Waals surface area contributed by atoms with E-state index in [-0.39, 0.29) is 0 Å². The predicted molar refractivity (Wildman–Crippen MR) is 78.1 cm³/mol. The summed E-state index contributed by atoms with van der Waals surface area (Å²) in [7, 11) is 0. The highest BCUT2D eigenvalue weighted by molar-refractivity contribution is 5.43. The molecule has 0 amide bonds. The van der Waals surface area contributed by atoms with Gasteiger partial charge < -0.3 is 14.8 Å². The maximum atomic E-state index is 5.73. The molecule has 1 aliphatic rings. The fraction of sp³-hybridized carbons (Fsp3) is 0.625. The molecule has 19 heavy (non-hydrogen) atoms. The van der Waals surface area contributed by atoms with E-state index in [2.05, 4.69) is 31.3 Å². The summed E-state index contributed by atoms with van der Waals surface area (Å²) in [5.74, 6) is 1.80. The molecule has 0 bridgehead atoms. The monoisotopic (exact) mass is 263 g/mol. The minimum Gasteiger partial charge on any atom is -0.490 e. The smallest absolute Gasteiger partial charge is 0.161 e. The summed E-state index contributed by atoms with van der Waals surface area (Å²) >= 11 is 0. The summed E-state index contributed by atoms with van der Waals surface area (Å²) in [6.45, 7) is 6.95. The van der Waals surface area contributed by atoms with Crippen molar-refractivity contribution in [1.29, 1.82) is 0 Å². The molecule has 0 aromatic heterocycles. The van der Waals surface area contributed by atoms with Gasteiger partial charge in [-0.05, 0) is 43.5 Å². The van der Waals surface area contributed by atoms with Crippen LogP contribution < -0.4 is 14.8 Å². The summed E-state index contributed by atoms with van der Waals surface area (Å²) in [4.78, 5) is 0. The first kappa shape index (κ1) is 14.2. The molecule has 2 rings (SSSR count). The van der Waals surface area contributed by atoms with Crippen molar-refractivity contribution in [2.45, 2.75) is 45.6 Å². The van der Waals surface area contributed by atoms with Crippen molar-refractivity contribution in [3.63, 3.8) is 0 Å². The topological polar surface area (TPSA) is 30.5 Å². The van der Waals surface area contributed by atoms with Gasteiger partial charge in [-0.25, -0.2) is 0 Å². The summed E-state index contributed by atoms with van der Waals surface area (Å²) in [6.07, 6.45) is 4.40. The first-order valence-corrected chi connectivity index (χ1v) is 7.45. The van der Waals surface area contributed by atoms with Gasteiger partial charge in [0, 0.05) is 12.5 Å². The van der Waals surface area contributed by atoms with Crippen LogP contribution in [0.2, 0.25) is 0 Å². The van der Waals surface area contributed by atoms with E-state index in [0.717, 1.165) is 44.1 Å². The van der Waals surface area contributed by atoms with Gasteiger partial charge in [-0.1, -0.05) is 19.9 Å². The van der Waals surface area contributed by atoms with Gasteiger partial charge in [0.25, 0.3) is 0 Å². The zero-order valence-corrected chi connectivity index (χ0v) is 12.1. The van der Waals surface area contributed by atoms with Gasteiger partial charge in [-0.15, -0.1) is 0 Å². The molecule has 1 aromatic carbocycles. The number of hydrogen-bond donors (Lipinski definition) is 1. The molecule has 3 heteroatoms. The molecular weight excluding hydrogens is 238 g/mol. The largest absolute Gasteiger partial charge is 0.490 e. The Hall–Kier alpha value is -1.22. The Kier molecular flexibility index (Phi) is 5.52. The number of rotatable bonds is 6. The first-order chi connectivity index (χ1) is 9.33. The summed E-state index contributed by atoms with van der Waals surface area (Å²) in [5, 5.41) is 3.52. The number of benzene rings is 1.